The van der Waals surface area contributed by atoms with Crippen LogP contribution in [-0.2, 0) is 0 Å². The molecular formula is C15H23NO. The van der Waals surface area contributed by atoms with E-state index in [2.05, 4.69) is 32.2 Å². The van der Waals surface area contributed by atoms with Crippen molar-refractivity contribution in [3.63, 3.8) is 0 Å². The molecule has 17 heavy (non-hydrogen) atoms. The van der Waals surface area contributed by atoms with Gasteiger partial charge in [0.05, 0.1) is 12.3 Å². The van der Waals surface area contributed by atoms with Crippen molar-refractivity contribution in [2.24, 2.45) is 11.8 Å². The van der Waals surface area contributed by atoms with Gasteiger partial charge in [-0.25, -0.2) is 0 Å². The number of nitrogens with one attached hydrogen (secondary N) is 1. The summed E-state index contributed by atoms with van der Waals surface area (Å²) in [6, 6.07) is 4.29. The monoisotopic (exact) mass is 233 g/mol. The van der Waals surface area contributed by atoms with E-state index in [0.29, 0.717) is 6.04 Å². The second-order valence-electron chi connectivity index (χ2n) is 5.44. The quantitative estimate of drug-likeness (QED) is 0.797. The highest BCUT2D eigenvalue weighted by molar-refractivity contribution is 5.07. The van der Waals surface area contributed by atoms with Crippen LogP contribution in [0.3, 0.4) is 0 Å². The maximum atomic E-state index is 5.40. The minimum absolute atomic E-state index is 0.312. The Morgan fingerprint density at radius 1 is 1.53 bits per heavy atom. The number of hydrogen-bond acceptors (Lipinski definition) is 2. The number of hydrogen-bond donors (Lipinski definition) is 1. The third-order valence-corrected chi connectivity index (χ3v) is 3.57. The summed E-state index contributed by atoms with van der Waals surface area (Å²) in [5, 5.41) is 3.57. The van der Waals surface area contributed by atoms with E-state index in [9.17, 15) is 0 Å². The predicted octanol–water partition coefficient (Wildman–Crippen LogP) is 3.92. The molecule has 0 bridgehead atoms. The Kier molecular flexibility index (Phi) is 4.06. The van der Waals surface area contributed by atoms with Gasteiger partial charge >= 0.3 is 0 Å². The molecule has 1 aliphatic rings. The van der Waals surface area contributed by atoms with Gasteiger partial charge in [0.1, 0.15) is 5.76 Å². The Labute approximate surface area is 104 Å². The SMILES string of the molecule is CC1=CC(C)CC(CN[C@@H](C)c2ccco2)C1. The maximum Gasteiger partial charge on any atom is 0.120 e. The number of rotatable bonds is 4. The van der Waals surface area contributed by atoms with Crippen LogP contribution in [0.1, 0.15) is 45.4 Å². The van der Waals surface area contributed by atoms with Crippen LogP contribution >= 0.6 is 0 Å². The van der Waals surface area contributed by atoms with Crippen LogP contribution in [0.5, 0.6) is 0 Å². The molecule has 1 aromatic rings. The lowest BCUT2D eigenvalue weighted by atomic mass is 9.83. The fourth-order valence-corrected chi connectivity index (χ4v) is 2.82. The van der Waals surface area contributed by atoms with Gasteiger partial charge in [-0.1, -0.05) is 18.6 Å². The van der Waals surface area contributed by atoms with Crippen LogP contribution in [0.2, 0.25) is 0 Å². The molecule has 2 unspecified atom stereocenters. The summed E-state index contributed by atoms with van der Waals surface area (Å²) >= 11 is 0. The minimum Gasteiger partial charge on any atom is -0.468 e. The zero-order valence-corrected chi connectivity index (χ0v) is 11.1. The summed E-state index contributed by atoms with van der Waals surface area (Å²) in [7, 11) is 0. The first kappa shape index (κ1) is 12.4. The van der Waals surface area contributed by atoms with Gasteiger partial charge in [-0.2, -0.15) is 0 Å². The van der Waals surface area contributed by atoms with E-state index in [-0.39, 0.29) is 0 Å². The largest absolute Gasteiger partial charge is 0.468 e. The summed E-state index contributed by atoms with van der Waals surface area (Å²) in [6.07, 6.45) is 6.69. The molecule has 0 aliphatic heterocycles. The van der Waals surface area contributed by atoms with Crippen LogP contribution in [0.25, 0.3) is 0 Å². The van der Waals surface area contributed by atoms with Crippen molar-refractivity contribution in [1.82, 2.24) is 5.32 Å². The van der Waals surface area contributed by atoms with E-state index in [1.807, 2.05) is 12.1 Å². The standard InChI is InChI=1S/C15H23NO/c1-11-7-12(2)9-14(8-11)10-16-13(3)15-5-4-6-17-15/h4-7,11,13-14,16H,8-10H2,1-3H3/t11?,13-,14?/m0/s1. The summed E-state index contributed by atoms with van der Waals surface area (Å²) in [5.74, 6) is 2.53. The van der Waals surface area contributed by atoms with Gasteiger partial charge in [0, 0.05) is 0 Å². The van der Waals surface area contributed by atoms with Crippen molar-refractivity contribution in [1.29, 1.82) is 0 Å². The molecule has 1 aromatic heterocycles. The average Bonchev–Trinajstić information content (AvgIpc) is 2.78. The molecule has 0 fully saturated rings. The van der Waals surface area contributed by atoms with Crippen LogP contribution in [0, 0.1) is 11.8 Å². The van der Waals surface area contributed by atoms with Crippen molar-refractivity contribution in [3.05, 3.63) is 35.8 Å². The molecule has 1 heterocycles. The molecule has 3 atom stereocenters. The van der Waals surface area contributed by atoms with Gasteiger partial charge in [0.2, 0.25) is 0 Å². The Hall–Kier alpha value is -1.02. The fraction of sp³-hybridized carbons (Fsp3) is 0.600. The van der Waals surface area contributed by atoms with Gasteiger partial charge in [-0.15, -0.1) is 0 Å². The molecule has 0 amide bonds. The minimum atomic E-state index is 0.312. The van der Waals surface area contributed by atoms with Crippen molar-refractivity contribution in [2.75, 3.05) is 6.54 Å². The predicted molar refractivity (Wildman–Crippen MR) is 70.8 cm³/mol. The summed E-state index contributed by atoms with van der Waals surface area (Å²) in [4.78, 5) is 0. The maximum absolute atomic E-state index is 5.40. The zero-order valence-electron chi connectivity index (χ0n) is 11.1. The second kappa shape index (κ2) is 5.54. The smallest absolute Gasteiger partial charge is 0.120 e. The molecule has 94 valence electrons. The molecule has 2 rings (SSSR count). The van der Waals surface area contributed by atoms with E-state index < -0.39 is 0 Å². The molecule has 0 saturated heterocycles. The lowest BCUT2D eigenvalue weighted by Gasteiger charge is -2.26. The molecule has 2 nitrogen and oxygen atoms in total. The Balaban J connectivity index is 1.81. The molecule has 1 aliphatic carbocycles. The van der Waals surface area contributed by atoms with Crippen LogP contribution < -0.4 is 5.32 Å². The van der Waals surface area contributed by atoms with Crippen molar-refractivity contribution >= 4 is 0 Å². The highest BCUT2D eigenvalue weighted by Crippen LogP contribution is 2.27. The molecule has 0 spiro atoms. The third-order valence-electron chi connectivity index (χ3n) is 3.57. The van der Waals surface area contributed by atoms with Crippen LogP contribution in [0.15, 0.2) is 34.5 Å². The van der Waals surface area contributed by atoms with E-state index in [0.717, 1.165) is 24.1 Å². The normalized spacial score (nSPS) is 26.6. The van der Waals surface area contributed by atoms with Gasteiger partial charge in [0.15, 0.2) is 0 Å². The molecule has 2 heteroatoms. The topological polar surface area (TPSA) is 25.2 Å². The van der Waals surface area contributed by atoms with E-state index in [1.165, 1.54) is 12.8 Å². The molecular weight excluding hydrogens is 210 g/mol. The van der Waals surface area contributed by atoms with Crippen molar-refractivity contribution in [2.45, 2.75) is 39.7 Å². The van der Waals surface area contributed by atoms with E-state index in [4.69, 9.17) is 4.42 Å². The summed E-state index contributed by atoms with van der Waals surface area (Å²) in [5.41, 5.74) is 1.54. The highest BCUT2D eigenvalue weighted by Gasteiger charge is 2.19. The highest BCUT2D eigenvalue weighted by atomic mass is 16.3. The summed E-state index contributed by atoms with van der Waals surface area (Å²) in [6.45, 7) is 7.80. The van der Waals surface area contributed by atoms with E-state index >= 15 is 0 Å². The number of allylic oxidation sites excluding steroid dienone is 2. The van der Waals surface area contributed by atoms with Gasteiger partial charge in [-0.3, -0.25) is 0 Å². The van der Waals surface area contributed by atoms with Crippen LogP contribution in [-0.4, -0.2) is 6.54 Å². The molecule has 0 aromatic carbocycles. The lowest BCUT2D eigenvalue weighted by Crippen LogP contribution is -2.28. The number of furan rings is 1. The second-order valence-corrected chi connectivity index (χ2v) is 5.44. The first-order valence-electron chi connectivity index (χ1n) is 6.59. The fourth-order valence-electron chi connectivity index (χ4n) is 2.82. The molecule has 0 saturated carbocycles. The van der Waals surface area contributed by atoms with Gasteiger partial charge in [0.25, 0.3) is 0 Å². The zero-order chi connectivity index (χ0) is 12.3. The third kappa shape index (κ3) is 3.47. The Morgan fingerprint density at radius 2 is 2.35 bits per heavy atom. The van der Waals surface area contributed by atoms with Gasteiger partial charge < -0.3 is 9.73 Å². The molecule has 1 N–H and O–H groups in total. The first-order valence-corrected chi connectivity index (χ1v) is 6.59. The lowest BCUT2D eigenvalue weighted by molar-refractivity contribution is 0.348. The van der Waals surface area contributed by atoms with Gasteiger partial charge in [-0.05, 0) is 57.2 Å². The first-order chi connectivity index (χ1) is 8.15. The Bertz CT molecular complexity index is 366. The average molecular weight is 233 g/mol. The van der Waals surface area contributed by atoms with Crippen molar-refractivity contribution in [3.8, 4) is 0 Å². The Morgan fingerprint density at radius 3 is 3.00 bits per heavy atom. The van der Waals surface area contributed by atoms with Crippen molar-refractivity contribution < 1.29 is 4.42 Å². The van der Waals surface area contributed by atoms with Crippen LogP contribution in [0.4, 0.5) is 0 Å². The molecule has 0 radical (unpaired) electrons. The summed E-state index contributed by atoms with van der Waals surface area (Å²) < 4.78 is 5.40. The van der Waals surface area contributed by atoms with E-state index in [1.54, 1.807) is 11.8 Å².